The van der Waals surface area contributed by atoms with Gasteiger partial charge >= 0.3 is 0 Å². The minimum absolute atomic E-state index is 0.650. The maximum absolute atomic E-state index is 11.3. The first-order valence-electron chi connectivity index (χ1n) is 6.41. The highest BCUT2D eigenvalue weighted by Crippen LogP contribution is 2.35. The van der Waals surface area contributed by atoms with E-state index in [0.717, 1.165) is 11.1 Å². The molecule has 3 aromatic rings. The van der Waals surface area contributed by atoms with Crippen LogP contribution >= 0.6 is 0 Å². The van der Waals surface area contributed by atoms with E-state index in [4.69, 9.17) is 0 Å². The minimum atomic E-state index is -1.25. The van der Waals surface area contributed by atoms with Gasteiger partial charge in [-0.05, 0) is 11.1 Å². The van der Waals surface area contributed by atoms with Gasteiger partial charge in [-0.3, -0.25) is 0 Å². The molecule has 1 aromatic heterocycles. The van der Waals surface area contributed by atoms with E-state index >= 15 is 0 Å². The van der Waals surface area contributed by atoms with Crippen molar-refractivity contribution >= 4 is 0 Å². The summed E-state index contributed by atoms with van der Waals surface area (Å²) in [5, 5.41) is 11.3. The van der Waals surface area contributed by atoms with Crippen LogP contribution in [0.25, 0.3) is 0 Å². The second kappa shape index (κ2) is 5.23. The molecule has 0 radical (unpaired) electrons. The van der Waals surface area contributed by atoms with Crippen LogP contribution in [0.5, 0.6) is 0 Å². The molecule has 0 amide bonds. The van der Waals surface area contributed by atoms with Gasteiger partial charge in [0.15, 0.2) is 0 Å². The van der Waals surface area contributed by atoms with Crippen LogP contribution in [0.1, 0.15) is 16.7 Å². The quantitative estimate of drug-likeness (QED) is 0.789. The molecule has 0 saturated carbocycles. The summed E-state index contributed by atoms with van der Waals surface area (Å²) in [5.74, 6) is 0. The third-order valence-corrected chi connectivity index (χ3v) is 3.36. The first-order chi connectivity index (χ1) is 9.82. The largest absolute Gasteiger partial charge is 0.376 e. The van der Waals surface area contributed by atoms with Crippen molar-refractivity contribution in [3.05, 3.63) is 96.1 Å². The van der Waals surface area contributed by atoms with Crippen molar-refractivity contribution in [1.29, 1.82) is 0 Å². The fourth-order valence-electron chi connectivity index (χ4n) is 2.34. The highest BCUT2D eigenvalue weighted by atomic mass is 16.3. The van der Waals surface area contributed by atoms with Crippen molar-refractivity contribution < 1.29 is 5.11 Å². The Morgan fingerprint density at radius 1 is 0.650 bits per heavy atom. The molecule has 0 bridgehead atoms. The third kappa shape index (κ3) is 2.08. The van der Waals surface area contributed by atoms with Crippen LogP contribution < -0.4 is 0 Å². The molecule has 0 unspecified atom stereocenters. The Bertz CT molecular complexity index is 572. The maximum atomic E-state index is 11.3. The van der Waals surface area contributed by atoms with E-state index in [1.165, 1.54) is 6.33 Å². The van der Waals surface area contributed by atoms with Crippen LogP contribution in [0.15, 0.2) is 79.4 Å². The normalized spacial score (nSPS) is 11.2. The first-order valence-corrected chi connectivity index (χ1v) is 6.41. The molecule has 2 aromatic carbocycles. The summed E-state index contributed by atoms with van der Waals surface area (Å²) < 4.78 is 0. The van der Waals surface area contributed by atoms with Gasteiger partial charge in [-0.15, -0.1) is 0 Å². The molecule has 0 fully saturated rings. The Morgan fingerprint density at radius 3 is 1.55 bits per heavy atom. The van der Waals surface area contributed by atoms with E-state index < -0.39 is 5.60 Å². The van der Waals surface area contributed by atoms with E-state index in [0.29, 0.717) is 5.56 Å². The van der Waals surface area contributed by atoms with Crippen LogP contribution in [0, 0.1) is 0 Å². The molecule has 1 N–H and O–H groups in total. The Hall–Kier alpha value is -2.52. The standard InChI is InChI=1S/C17H14N2O/c20-17(14-7-3-1-4-8-14,15-9-5-2-6-10-15)16-11-18-13-19-12-16/h1-13,20H. The van der Waals surface area contributed by atoms with Crippen molar-refractivity contribution in [2.24, 2.45) is 0 Å². The maximum Gasteiger partial charge on any atom is 0.143 e. The monoisotopic (exact) mass is 262 g/mol. The SMILES string of the molecule is OC(c1ccccc1)(c1ccccc1)c1cncnc1. The molecule has 0 atom stereocenters. The lowest BCUT2D eigenvalue weighted by Gasteiger charge is -2.29. The van der Waals surface area contributed by atoms with Gasteiger partial charge in [0.1, 0.15) is 11.9 Å². The number of hydrogen-bond donors (Lipinski definition) is 1. The molecule has 98 valence electrons. The molecule has 1 heterocycles. The molecule has 0 saturated heterocycles. The van der Waals surface area contributed by atoms with Gasteiger partial charge in [0.05, 0.1) is 0 Å². The lowest BCUT2D eigenvalue weighted by molar-refractivity contribution is 0.125. The number of aliphatic hydroxyl groups is 1. The van der Waals surface area contributed by atoms with E-state index in [1.807, 2.05) is 60.7 Å². The molecule has 3 rings (SSSR count). The fourth-order valence-corrected chi connectivity index (χ4v) is 2.34. The van der Waals surface area contributed by atoms with Gasteiger partial charge in [0.2, 0.25) is 0 Å². The molecule has 0 aliphatic carbocycles. The number of hydrogen-bond acceptors (Lipinski definition) is 3. The highest BCUT2D eigenvalue weighted by Gasteiger charge is 2.34. The van der Waals surface area contributed by atoms with Gasteiger partial charge in [-0.25, -0.2) is 9.97 Å². The van der Waals surface area contributed by atoms with Gasteiger partial charge in [0, 0.05) is 18.0 Å². The second-order valence-electron chi connectivity index (χ2n) is 4.57. The minimum Gasteiger partial charge on any atom is -0.376 e. The number of benzene rings is 2. The zero-order valence-corrected chi connectivity index (χ0v) is 10.8. The lowest BCUT2D eigenvalue weighted by Crippen LogP contribution is -2.29. The molecular weight excluding hydrogens is 248 g/mol. The summed E-state index contributed by atoms with van der Waals surface area (Å²) in [6, 6.07) is 19.1. The van der Waals surface area contributed by atoms with Gasteiger partial charge in [0.25, 0.3) is 0 Å². The summed E-state index contributed by atoms with van der Waals surface area (Å²) in [6.45, 7) is 0. The first kappa shape index (κ1) is 12.5. The predicted octanol–water partition coefficient (Wildman–Crippen LogP) is 2.76. The topological polar surface area (TPSA) is 46.0 Å². The van der Waals surface area contributed by atoms with Crippen molar-refractivity contribution in [1.82, 2.24) is 9.97 Å². The van der Waals surface area contributed by atoms with Crippen LogP contribution in [0.4, 0.5) is 0 Å². The molecule has 3 heteroatoms. The van der Waals surface area contributed by atoms with Crippen LogP contribution in [-0.2, 0) is 5.60 Å². The van der Waals surface area contributed by atoms with E-state index in [1.54, 1.807) is 12.4 Å². The van der Waals surface area contributed by atoms with Crippen LogP contribution in [-0.4, -0.2) is 15.1 Å². The third-order valence-electron chi connectivity index (χ3n) is 3.36. The van der Waals surface area contributed by atoms with Gasteiger partial charge in [-0.1, -0.05) is 60.7 Å². The summed E-state index contributed by atoms with van der Waals surface area (Å²) in [6.07, 6.45) is 4.75. The average molecular weight is 262 g/mol. The molecule has 0 aliphatic rings. The molecular formula is C17H14N2O. The average Bonchev–Trinajstić information content (AvgIpc) is 2.56. The van der Waals surface area contributed by atoms with Gasteiger partial charge in [-0.2, -0.15) is 0 Å². The Morgan fingerprint density at radius 2 is 1.10 bits per heavy atom. The van der Waals surface area contributed by atoms with E-state index in [9.17, 15) is 5.11 Å². The number of nitrogens with zero attached hydrogens (tertiary/aromatic N) is 2. The Kier molecular flexibility index (Phi) is 3.27. The van der Waals surface area contributed by atoms with Crippen LogP contribution in [0.3, 0.4) is 0 Å². The molecule has 20 heavy (non-hydrogen) atoms. The van der Waals surface area contributed by atoms with E-state index in [-0.39, 0.29) is 0 Å². The summed E-state index contributed by atoms with van der Waals surface area (Å²) in [7, 11) is 0. The van der Waals surface area contributed by atoms with E-state index in [2.05, 4.69) is 9.97 Å². The highest BCUT2D eigenvalue weighted by molar-refractivity contribution is 5.45. The number of aromatic nitrogens is 2. The second-order valence-corrected chi connectivity index (χ2v) is 4.57. The zero-order chi connectivity index (χ0) is 13.8. The van der Waals surface area contributed by atoms with Crippen molar-refractivity contribution in [2.45, 2.75) is 5.60 Å². The van der Waals surface area contributed by atoms with Crippen molar-refractivity contribution in [3.63, 3.8) is 0 Å². The Labute approximate surface area is 117 Å². The Balaban J connectivity index is 2.24. The van der Waals surface area contributed by atoms with Gasteiger partial charge < -0.3 is 5.11 Å². The molecule has 0 aliphatic heterocycles. The summed E-state index contributed by atoms with van der Waals surface area (Å²) in [5.41, 5.74) is 0.989. The van der Waals surface area contributed by atoms with Crippen molar-refractivity contribution in [2.75, 3.05) is 0 Å². The lowest BCUT2D eigenvalue weighted by atomic mass is 9.82. The zero-order valence-electron chi connectivity index (χ0n) is 10.8. The molecule has 3 nitrogen and oxygen atoms in total. The fraction of sp³-hybridized carbons (Fsp3) is 0.0588. The number of rotatable bonds is 3. The molecule has 0 spiro atoms. The predicted molar refractivity (Wildman–Crippen MR) is 77.0 cm³/mol. The van der Waals surface area contributed by atoms with Crippen molar-refractivity contribution in [3.8, 4) is 0 Å². The summed E-state index contributed by atoms with van der Waals surface area (Å²) >= 11 is 0. The van der Waals surface area contributed by atoms with Crippen LogP contribution in [0.2, 0.25) is 0 Å². The summed E-state index contributed by atoms with van der Waals surface area (Å²) in [4.78, 5) is 8.06. The smallest absolute Gasteiger partial charge is 0.143 e.